The largest absolute Gasteiger partial charge is 0.487 e. The van der Waals surface area contributed by atoms with Crippen LogP contribution < -0.4 is 9.57 Å². The van der Waals surface area contributed by atoms with E-state index in [9.17, 15) is 13.2 Å². The average molecular weight is 496 g/mol. The Morgan fingerprint density at radius 3 is 2.50 bits per heavy atom. The fraction of sp³-hybridized carbons (Fsp3) is 0.720. The summed E-state index contributed by atoms with van der Waals surface area (Å²) in [5.74, 6) is 1.05. The SMILES string of the molecule is CCCN(C1CC(C)(C)Oc2ccc(ON(CCN3CCCCC3)C(C)=O)cc21)S(=O)(=O)CC. The molecule has 2 heterocycles. The lowest BCUT2D eigenvalue weighted by Gasteiger charge is -2.42. The van der Waals surface area contributed by atoms with Gasteiger partial charge in [-0.25, -0.2) is 8.42 Å². The number of rotatable bonds is 10. The van der Waals surface area contributed by atoms with Crippen molar-refractivity contribution >= 4 is 15.9 Å². The number of benzene rings is 1. The van der Waals surface area contributed by atoms with Crippen LogP contribution in [0.2, 0.25) is 0 Å². The maximum Gasteiger partial charge on any atom is 0.252 e. The molecular weight excluding hydrogens is 454 g/mol. The highest BCUT2D eigenvalue weighted by Gasteiger charge is 2.40. The number of carbonyl (C=O) groups is 1. The monoisotopic (exact) mass is 495 g/mol. The Labute approximate surface area is 205 Å². The number of likely N-dealkylation sites (tertiary alicyclic amines) is 1. The predicted octanol–water partition coefficient (Wildman–Crippen LogP) is 3.98. The molecule has 2 aliphatic heterocycles. The van der Waals surface area contributed by atoms with E-state index in [0.29, 0.717) is 31.0 Å². The van der Waals surface area contributed by atoms with Gasteiger partial charge in [0.2, 0.25) is 10.0 Å². The van der Waals surface area contributed by atoms with Gasteiger partial charge in [-0.05, 0) is 71.3 Å². The van der Waals surface area contributed by atoms with E-state index >= 15 is 0 Å². The number of hydroxylamine groups is 2. The van der Waals surface area contributed by atoms with Crippen LogP contribution in [0, 0.1) is 0 Å². The van der Waals surface area contributed by atoms with E-state index in [-0.39, 0.29) is 17.7 Å². The Kier molecular flexibility index (Phi) is 8.87. The van der Waals surface area contributed by atoms with Crippen molar-refractivity contribution in [2.24, 2.45) is 0 Å². The number of piperidine rings is 1. The molecule has 0 bridgehead atoms. The number of hydrogen-bond donors (Lipinski definition) is 0. The van der Waals surface area contributed by atoms with E-state index in [1.54, 1.807) is 17.3 Å². The topological polar surface area (TPSA) is 79.4 Å². The Morgan fingerprint density at radius 1 is 1.18 bits per heavy atom. The summed E-state index contributed by atoms with van der Waals surface area (Å²) in [5, 5.41) is 1.39. The van der Waals surface area contributed by atoms with Crippen LogP contribution in [-0.2, 0) is 14.8 Å². The predicted molar refractivity (Wildman–Crippen MR) is 133 cm³/mol. The van der Waals surface area contributed by atoms with Gasteiger partial charge in [-0.2, -0.15) is 9.37 Å². The van der Waals surface area contributed by atoms with Gasteiger partial charge >= 0.3 is 0 Å². The number of sulfonamides is 1. The van der Waals surface area contributed by atoms with E-state index < -0.39 is 15.6 Å². The third-order valence-corrected chi connectivity index (χ3v) is 8.44. The van der Waals surface area contributed by atoms with E-state index in [1.165, 1.54) is 31.2 Å². The molecule has 1 fully saturated rings. The molecule has 0 saturated carbocycles. The minimum absolute atomic E-state index is 0.0466. The molecule has 192 valence electrons. The van der Waals surface area contributed by atoms with Gasteiger partial charge in [-0.1, -0.05) is 13.3 Å². The summed E-state index contributed by atoms with van der Waals surface area (Å²) in [6.07, 6.45) is 4.91. The molecule has 9 heteroatoms. The highest BCUT2D eigenvalue weighted by Crippen LogP contribution is 2.45. The fourth-order valence-electron chi connectivity index (χ4n) is 4.79. The molecular formula is C25H41N3O5S. The summed E-state index contributed by atoms with van der Waals surface area (Å²) in [5.41, 5.74) is 0.275. The van der Waals surface area contributed by atoms with Crippen LogP contribution in [0.15, 0.2) is 18.2 Å². The molecule has 0 aromatic heterocycles. The standard InChI is InChI=1S/C25H41N3O5S/c1-6-13-28(34(30,31)7-2)23-19-25(4,5)32-24-12-11-21(18-22(23)24)33-27(20(3)29)17-16-26-14-9-8-10-15-26/h11-12,18,23H,6-10,13-17,19H2,1-5H3. The third-order valence-electron chi connectivity index (χ3n) is 6.56. The molecule has 1 atom stereocenters. The Morgan fingerprint density at radius 2 is 1.88 bits per heavy atom. The Balaban J connectivity index is 1.86. The van der Waals surface area contributed by atoms with Gasteiger partial charge in [0.25, 0.3) is 5.91 Å². The molecule has 0 spiro atoms. The Bertz CT molecular complexity index is 944. The first-order valence-electron chi connectivity index (χ1n) is 12.6. The van der Waals surface area contributed by atoms with E-state index in [4.69, 9.17) is 9.57 Å². The third kappa shape index (κ3) is 6.64. The van der Waals surface area contributed by atoms with Crippen molar-refractivity contribution in [2.45, 2.75) is 78.4 Å². The van der Waals surface area contributed by atoms with Gasteiger partial charge in [0, 0.05) is 32.0 Å². The first-order chi connectivity index (χ1) is 16.1. The molecule has 8 nitrogen and oxygen atoms in total. The van der Waals surface area contributed by atoms with Crippen molar-refractivity contribution in [2.75, 3.05) is 38.5 Å². The van der Waals surface area contributed by atoms with Crippen LogP contribution in [0.1, 0.15) is 78.3 Å². The average Bonchev–Trinajstić information content (AvgIpc) is 2.79. The highest BCUT2D eigenvalue weighted by molar-refractivity contribution is 7.89. The van der Waals surface area contributed by atoms with Crippen LogP contribution in [0.4, 0.5) is 0 Å². The Hall–Kier alpha value is -1.84. The van der Waals surface area contributed by atoms with Crippen LogP contribution in [-0.4, -0.2) is 72.7 Å². The number of fused-ring (bicyclic) bond motifs is 1. The summed E-state index contributed by atoms with van der Waals surface area (Å²) in [6.45, 7) is 12.9. The van der Waals surface area contributed by atoms with E-state index in [1.807, 2.05) is 32.9 Å². The van der Waals surface area contributed by atoms with Gasteiger partial charge in [-0.3, -0.25) is 4.79 Å². The van der Waals surface area contributed by atoms with Crippen molar-refractivity contribution in [3.63, 3.8) is 0 Å². The van der Waals surface area contributed by atoms with Gasteiger partial charge < -0.3 is 14.5 Å². The fourth-order valence-corrected chi connectivity index (χ4v) is 6.16. The molecule has 1 aromatic carbocycles. The molecule has 0 radical (unpaired) electrons. The minimum atomic E-state index is -3.42. The van der Waals surface area contributed by atoms with Crippen LogP contribution in [0.3, 0.4) is 0 Å². The highest BCUT2D eigenvalue weighted by atomic mass is 32.2. The normalized spacial score (nSPS) is 20.5. The van der Waals surface area contributed by atoms with Gasteiger partial charge in [0.1, 0.15) is 11.4 Å². The molecule has 0 N–H and O–H groups in total. The maximum absolute atomic E-state index is 13.0. The van der Waals surface area contributed by atoms with Gasteiger partial charge in [0.15, 0.2) is 5.75 Å². The second-order valence-corrected chi connectivity index (χ2v) is 12.1. The number of nitrogens with zero attached hydrogens (tertiary/aromatic N) is 3. The first-order valence-corrected chi connectivity index (χ1v) is 14.2. The number of carbonyl (C=O) groups excluding carboxylic acids is 1. The zero-order valence-electron chi connectivity index (χ0n) is 21.4. The van der Waals surface area contributed by atoms with Crippen LogP contribution in [0.5, 0.6) is 11.5 Å². The summed E-state index contributed by atoms with van der Waals surface area (Å²) < 4.78 is 33.8. The van der Waals surface area contributed by atoms with E-state index in [0.717, 1.165) is 31.6 Å². The lowest BCUT2D eigenvalue weighted by Crippen LogP contribution is -2.44. The molecule has 34 heavy (non-hydrogen) atoms. The summed E-state index contributed by atoms with van der Waals surface area (Å²) in [7, 11) is -3.42. The minimum Gasteiger partial charge on any atom is -0.487 e. The van der Waals surface area contributed by atoms with Crippen LogP contribution in [0.25, 0.3) is 0 Å². The van der Waals surface area contributed by atoms with Crippen LogP contribution >= 0.6 is 0 Å². The number of ether oxygens (including phenoxy) is 1. The lowest BCUT2D eigenvalue weighted by atomic mass is 9.89. The molecule has 1 amide bonds. The molecule has 0 aliphatic carbocycles. The zero-order chi connectivity index (χ0) is 24.9. The molecule has 3 rings (SSSR count). The zero-order valence-corrected chi connectivity index (χ0v) is 22.2. The van der Waals surface area contributed by atoms with Crippen molar-refractivity contribution in [3.8, 4) is 11.5 Å². The first kappa shape index (κ1) is 26.8. The van der Waals surface area contributed by atoms with Crippen molar-refractivity contribution < 1.29 is 22.8 Å². The van der Waals surface area contributed by atoms with Gasteiger partial charge in [0.05, 0.1) is 18.3 Å². The summed E-state index contributed by atoms with van der Waals surface area (Å²) in [6, 6.07) is 5.09. The molecule has 2 aliphatic rings. The quantitative estimate of drug-likeness (QED) is 0.457. The summed E-state index contributed by atoms with van der Waals surface area (Å²) in [4.78, 5) is 20.7. The van der Waals surface area contributed by atoms with Crippen molar-refractivity contribution in [1.29, 1.82) is 0 Å². The number of amides is 1. The molecule has 1 aromatic rings. The van der Waals surface area contributed by atoms with Crippen molar-refractivity contribution in [3.05, 3.63) is 23.8 Å². The molecule has 1 saturated heterocycles. The van der Waals surface area contributed by atoms with E-state index in [2.05, 4.69) is 4.90 Å². The molecule has 1 unspecified atom stereocenters. The number of hydrogen-bond acceptors (Lipinski definition) is 6. The maximum atomic E-state index is 13.0. The van der Waals surface area contributed by atoms with Gasteiger partial charge in [-0.15, -0.1) is 0 Å². The smallest absolute Gasteiger partial charge is 0.252 e. The van der Waals surface area contributed by atoms with Crippen molar-refractivity contribution in [1.82, 2.24) is 14.3 Å². The lowest BCUT2D eigenvalue weighted by molar-refractivity contribution is -0.155. The second-order valence-electron chi connectivity index (χ2n) is 9.91. The summed E-state index contributed by atoms with van der Waals surface area (Å²) >= 11 is 0. The second kappa shape index (κ2) is 11.3.